The van der Waals surface area contributed by atoms with Crippen LogP contribution in [-0.2, 0) is 9.53 Å². The van der Waals surface area contributed by atoms with E-state index in [0.717, 1.165) is 6.54 Å². The molecule has 0 aliphatic carbocycles. The van der Waals surface area contributed by atoms with Crippen molar-refractivity contribution in [1.82, 2.24) is 5.32 Å². The zero-order chi connectivity index (χ0) is 14.5. The summed E-state index contributed by atoms with van der Waals surface area (Å²) >= 11 is 0. The van der Waals surface area contributed by atoms with Crippen LogP contribution in [0, 0.1) is 6.92 Å². The van der Waals surface area contributed by atoms with E-state index in [1.807, 2.05) is 0 Å². The van der Waals surface area contributed by atoms with Gasteiger partial charge in [-0.2, -0.15) is 0 Å². The van der Waals surface area contributed by atoms with Crippen LogP contribution in [0.2, 0.25) is 0 Å². The number of benzene rings is 1. The molecule has 6 heteroatoms. The summed E-state index contributed by atoms with van der Waals surface area (Å²) in [4.78, 5) is 23.2. The second-order valence-electron chi connectivity index (χ2n) is 4.79. The summed E-state index contributed by atoms with van der Waals surface area (Å²) in [6.07, 6.45) is 0.177. The Morgan fingerprint density at radius 1 is 1.50 bits per heavy atom. The van der Waals surface area contributed by atoms with Gasteiger partial charge in [-0.25, -0.2) is 0 Å². The Labute approximate surface area is 117 Å². The van der Waals surface area contributed by atoms with Crippen molar-refractivity contribution in [1.29, 1.82) is 0 Å². The third kappa shape index (κ3) is 3.55. The van der Waals surface area contributed by atoms with Crippen LogP contribution in [0.15, 0.2) is 18.2 Å². The van der Waals surface area contributed by atoms with Crippen LogP contribution in [0.1, 0.15) is 22.3 Å². The van der Waals surface area contributed by atoms with Crippen molar-refractivity contribution >= 4 is 17.5 Å². The maximum Gasteiger partial charge on any atom is 0.249 e. The molecule has 1 aromatic rings. The first-order valence-corrected chi connectivity index (χ1v) is 6.59. The number of rotatable bonds is 4. The average Bonchev–Trinajstić information content (AvgIpc) is 2.42. The van der Waals surface area contributed by atoms with Crippen LogP contribution in [0.5, 0.6) is 0 Å². The van der Waals surface area contributed by atoms with Gasteiger partial charge in [0.25, 0.3) is 0 Å². The highest BCUT2D eigenvalue weighted by Crippen LogP contribution is 2.19. The Hall–Kier alpha value is -1.92. The van der Waals surface area contributed by atoms with Crippen LogP contribution < -0.4 is 16.4 Å². The van der Waals surface area contributed by atoms with Gasteiger partial charge in [-0.15, -0.1) is 0 Å². The molecular formula is C14H19N3O3. The van der Waals surface area contributed by atoms with E-state index in [1.165, 1.54) is 0 Å². The largest absolute Gasteiger partial charge is 0.375 e. The summed E-state index contributed by atoms with van der Waals surface area (Å²) in [7, 11) is 0. The van der Waals surface area contributed by atoms with Gasteiger partial charge >= 0.3 is 0 Å². The minimum atomic E-state index is -0.501. The van der Waals surface area contributed by atoms with Gasteiger partial charge in [-0.1, -0.05) is 6.07 Å². The molecule has 6 nitrogen and oxygen atoms in total. The molecule has 1 saturated heterocycles. The number of anilines is 1. The van der Waals surface area contributed by atoms with Gasteiger partial charge in [0.05, 0.1) is 19.1 Å². The van der Waals surface area contributed by atoms with Crippen molar-refractivity contribution in [2.75, 3.05) is 25.0 Å². The number of morpholine rings is 1. The maximum absolute atomic E-state index is 12.0. The molecule has 0 bridgehead atoms. The predicted octanol–water partition coefficient (Wildman–Crippen LogP) is 0.411. The molecule has 20 heavy (non-hydrogen) atoms. The molecule has 0 radical (unpaired) electrons. The Morgan fingerprint density at radius 2 is 2.30 bits per heavy atom. The molecule has 0 spiro atoms. The van der Waals surface area contributed by atoms with E-state index in [4.69, 9.17) is 10.5 Å². The van der Waals surface area contributed by atoms with E-state index in [1.54, 1.807) is 25.1 Å². The lowest BCUT2D eigenvalue weighted by Crippen LogP contribution is -2.40. The number of nitrogens with one attached hydrogen (secondary N) is 2. The Morgan fingerprint density at radius 3 is 2.95 bits per heavy atom. The van der Waals surface area contributed by atoms with Gasteiger partial charge in [0, 0.05) is 24.3 Å². The fourth-order valence-corrected chi connectivity index (χ4v) is 2.20. The number of amides is 2. The predicted molar refractivity (Wildman–Crippen MR) is 75.6 cm³/mol. The molecule has 1 aliphatic heterocycles. The number of primary amides is 1. The highest BCUT2D eigenvalue weighted by Gasteiger charge is 2.18. The highest BCUT2D eigenvalue weighted by atomic mass is 16.5. The van der Waals surface area contributed by atoms with Gasteiger partial charge in [0.1, 0.15) is 0 Å². The minimum absolute atomic E-state index is 0.108. The molecule has 1 atom stereocenters. The molecule has 1 aromatic carbocycles. The van der Waals surface area contributed by atoms with Crippen molar-refractivity contribution in [3.8, 4) is 0 Å². The van der Waals surface area contributed by atoms with Gasteiger partial charge < -0.3 is 21.1 Å². The molecule has 108 valence electrons. The molecule has 0 saturated carbocycles. The van der Waals surface area contributed by atoms with Crippen LogP contribution in [0.4, 0.5) is 5.69 Å². The van der Waals surface area contributed by atoms with Gasteiger partial charge in [-0.3, -0.25) is 9.59 Å². The molecule has 0 aromatic heterocycles. The normalized spacial score (nSPS) is 18.6. The maximum atomic E-state index is 12.0. The Balaban J connectivity index is 2.00. The average molecular weight is 277 g/mol. The summed E-state index contributed by atoms with van der Waals surface area (Å²) < 4.78 is 5.48. The van der Waals surface area contributed by atoms with Gasteiger partial charge in [-0.05, 0) is 24.6 Å². The molecule has 1 heterocycles. The van der Waals surface area contributed by atoms with Gasteiger partial charge in [0.15, 0.2) is 0 Å². The number of hydrogen-bond donors (Lipinski definition) is 3. The van der Waals surface area contributed by atoms with Crippen LogP contribution in [0.3, 0.4) is 0 Å². The molecule has 2 rings (SSSR count). The SMILES string of the molecule is Cc1c(NC(=O)CC2CNCCO2)cccc1C(N)=O. The second-order valence-corrected chi connectivity index (χ2v) is 4.79. The van der Waals surface area contributed by atoms with Crippen molar-refractivity contribution in [2.45, 2.75) is 19.4 Å². The smallest absolute Gasteiger partial charge is 0.249 e. The van der Waals surface area contributed by atoms with Crippen LogP contribution in [-0.4, -0.2) is 37.6 Å². The number of nitrogens with two attached hydrogens (primary N) is 1. The number of carbonyl (C=O) groups is 2. The summed E-state index contributed by atoms with van der Waals surface area (Å²) in [6.45, 7) is 3.87. The zero-order valence-corrected chi connectivity index (χ0v) is 11.4. The van der Waals surface area contributed by atoms with E-state index in [9.17, 15) is 9.59 Å². The van der Waals surface area contributed by atoms with Crippen LogP contribution in [0.25, 0.3) is 0 Å². The zero-order valence-electron chi connectivity index (χ0n) is 11.4. The van der Waals surface area contributed by atoms with Crippen molar-refractivity contribution in [3.05, 3.63) is 29.3 Å². The first-order chi connectivity index (χ1) is 9.58. The Bertz CT molecular complexity index is 510. The number of hydrogen-bond acceptors (Lipinski definition) is 4. The molecule has 1 fully saturated rings. The number of carbonyl (C=O) groups excluding carboxylic acids is 2. The lowest BCUT2D eigenvalue weighted by Gasteiger charge is -2.23. The third-order valence-electron chi connectivity index (χ3n) is 3.29. The quantitative estimate of drug-likeness (QED) is 0.743. The topological polar surface area (TPSA) is 93.4 Å². The lowest BCUT2D eigenvalue weighted by molar-refractivity contribution is -0.119. The van der Waals surface area contributed by atoms with Crippen molar-refractivity contribution in [2.24, 2.45) is 5.73 Å². The van der Waals surface area contributed by atoms with Crippen molar-refractivity contribution in [3.63, 3.8) is 0 Å². The fraction of sp³-hybridized carbons (Fsp3) is 0.429. The first-order valence-electron chi connectivity index (χ1n) is 6.59. The van der Waals surface area contributed by atoms with E-state index in [0.29, 0.717) is 30.0 Å². The lowest BCUT2D eigenvalue weighted by atomic mass is 10.1. The van der Waals surface area contributed by atoms with Gasteiger partial charge in [0.2, 0.25) is 11.8 Å². The third-order valence-corrected chi connectivity index (χ3v) is 3.29. The fourth-order valence-electron chi connectivity index (χ4n) is 2.20. The monoisotopic (exact) mass is 277 g/mol. The van der Waals surface area contributed by atoms with Crippen LogP contribution >= 0.6 is 0 Å². The molecule has 1 unspecified atom stereocenters. The molecular weight excluding hydrogens is 258 g/mol. The standard InChI is InChI=1S/C14H19N3O3/c1-9-11(14(15)19)3-2-4-12(9)17-13(18)7-10-8-16-5-6-20-10/h2-4,10,16H,5-8H2,1H3,(H2,15,19)(H,17,18). The summed E-state index contributed by atoms with van der Waals surface area (Å²) in [5.41, 5.74) is 6.98. The first kappa shape index (κ1) is 14.5. The van der Waals surface area contributed by atoms with E-state index in [-0.39, 0.29) is 18.4 Å². The summed E-state index contributed by atoms with van der Waals surface area (Å²) in [5, 5.41) is 5.97. The summed E-state index contributed by atoms with van der Waals surface area (Å²) in [5.74, 6) is -0.637. The molecule has 4 N–H and O–H groups in total. The van der Waals surface area contributed by atoms with E-state index >= 15 is 0 Å². The van der Waals surface area contributed by atoms with Crippen molar-refractivity contribution < 1.29 is 14.3 Å². The van der Waals surface area contributed by atoms with E-state index < -0.39 is 5.91 Å². The second kappa shape index (κ2) is 6.49. The summed E-state index contributed by atoms with van der Waals surface area (Å²) in [6, 6.07) is 5.09. The van der Waals surface area contributed by atoms with E-state index in [2.05, 4.69) is 10.6 Å². The molecule has 2 amide bonds. The Kier molecular flexibility index (Phi) is 4.70. The number of ether oxygens (including phenoxy) is 1. The minimum Gasteiger partial charge on any atom is -0.375 e. The highest BCUT2D eigenvalue weighted by molar-refractivity contribution is 5.98. The molecule has 1 aliphatic rings.